The van der Waals surface area contributed by atoms with Gasteiger partial charge in [-0.3, -0.25) is 4.79 Å². The Balaban J connectivity index is 2.10. The van der Waals surface area contributed by atoms with Crippen LogP contribution in [-0.4, -0.2) is 45.1 Å². The molecule has 2 N–H and O–H groups in total. The Bertz CT molecular complexity index is 515. The molecule has 7 heteroatoms. The molecule has 0 spiro atoms. The third-order valence-electron chi connectivity index (χ3n) is 2.34. The van der Waals surface area contributed by atoms with Crippen LogP contribution >= 0.6 is 22.7 Å². The summed E-state index contributed by atoms with van der Waals surface area (Å²) in [5.41, 5.74) is 0. The van der Waals surface area contributed by atoms with Gasteiger partial charge >= 0.3 is 0 Å². The molecular weight excluding hydrogens is 268 g/mol. The second kappa shape index (κ2) is 5.64. The lowest BCUT2D eigenvalue weighted by atomic mass is 10.4. The van der Waals surface area contributed by atoms with Crippen LogP contribution in [0, 0.1) is 0 Å². The molecule has 0 aliphatic heterocycles. The fourth-order valence-corrected chi connectivity index (χ4v) is 3.47. The van der Waals surface area contributed by atoms with Crippen molar-refractivity contribution < 1.29 is 4.79 Å². The van der Waals surface area contributed by atoms with Crippen LogP contribution in [0.3, 0.4) is 0 Å². The van der Waals surface area contributed by atoms with Gasteiger partial charge < -0.3 is 15.5 Å². The summed E-state index contributed by atoms with van der Waals surface area (Å²) >= 11 is 3.05. The van der Waals surface area contributed by atoms with Gasteiger partial charge in [-0.2, -0.15) is 0 Å². The number of hydrogen-bond donors (Lipinski definition) is 2. The van der Waals surface area contributed by atoms with Crippen molar-refractivity contribution >= 4 is 43.2 Å². The zero-order chi connectivity index (χ0) is 13.1. The zero-order valence-electron chi connectivity index (χ0n) is 10.6. The van der Waals surface area contributed by atoms with E-state index in [1.165, 1.54) is 11.3 Å². The Morgan fingerprint density at radius 2 is 2.17 bits per heavy atom. The van der Waals surface area contributed by atoms with E-state index in [-0.39, 0.29) is 5.91 Å². The number of fused-ring (bicyclic) bond motifs is 1. The number of aromatic nitrogens is 1. The van der Waals surface area contributed by atoms with Crippen molar-refractivity contribution in [3.63, 3.8) is 0 Å². The topological polar surface area (TPSA) is 57.3 Å². The smallest absolute Gasteiger partial charge is 0.261 e. The molecule has 98 valence electrons. The molecule has 0 radical (unpaired) electrons. The zero-order valence-corrected chi connectivity index (χ0v) is 12.2. The minimum Gasteiger partial charge on any atom is -0.354 e. The standard InChI is InChI=1S/C11H16N4OS2/c1-12-4-5-13-9(16)7-6-8-10(17-7)14-11(18-8)15(2)3/h6,12H,4-5H2,1-3H3,(H,13,16). The monoisotopic (exact) mass is 284 g/mol. The first-order valence-corrected chi connectivity index (χ1v) is 7.25. The lowest BCUT2D eigenvalue weighted by Gasteiger charge is -2.05. The maximum Gasteiger partial charge on any atom is 0.261 e. The van der Waals surface area contributed by atoms with Crippen molar-refractivity contribution in [3.05, 3.63) is 10.9 Å². The maximum absolute atomic E-state index is 11.8. The number of carbonyl (C=O) groups is 1. The SMILES string of the molecule is CNCCNC(=O)c1cc2sc(N(C)C)nc2s1. The quantitative estimate of drug-likeness (QED) is 0.814. The number of thiazole rings is 1. The molecule has 1 amide bonds. The lowest BCUT2D eigenvalue weighted by molar-refractivity contribution is 0.0958. The van der Waals surface area contributed by atoms with Crippen molar-refractivity contribution in [2.75, 3.05) is 39.1 Å². The van der Waals surface area contributed by atoms with Crippen LogP contribution in [0.1, 0.15) is 9.67 Å². The first-order valence-electron chi connectivity index (χ1n) is 5.62. The molecule has 0 unspecified atom stereocenters. The van der Waals surface area contributed by atoms with Gasteiger partial charge in [0.05, 0.1) is 9.58 Å². The summed E-state index contributed by atoms with van der Waals surface area (Å²) in [7, 11) is 5.79. The lowest BCUT2D eigenvalue weighted by Crippen LogP contribution is -2.29. The van der Waals surface area contributed by atoms with Gasteiger partial charge in [0, 0.05) is 27.2 Å². The Morgan fingerprint density at radius 1 is 1.39 bits per heavy atom. The highest BCUT2D eigenvalue weighted by Crippen LogP contribution is 2.33. The second-order valence-corrected chi connectivity index (χ2v) is 6.07. The highest BCUT2D eigenvalue weighted by Gasteiger charge is 2.14. The van der Waals surface area contributed by atoms with E-state index in [2.05, 4.69) is 15.6 Å². The minimum absolute atomic E-state index is 0.0214. The van der Waals surface area contributed by atoms with Crippen molar-refractivity contribution in [2.45, 2.75) is 0 Å². The molecule has 0 fully saturated rings. The molecule has 5 nitrogen and oxygen atoms in total. The van der Waals surface area contributed by atoms with Gasteiger partial charge in [-0.15, -0.1) is 11.3 Å². The molecule has 0 atom stereocenters. The molecule has 2 aromatic heterocycles. The van der Waals surface area contributed by atoms with Gasteiger partial charge in [0.1, 0.15) is 4.83 Å². The van der Waals surface area contributed by atoms with E-state index in [4.69, 9.17) is 0 Å². The molecule has 2 rings (SSSR count). The molecule has 0 saturated carbocycles. The highest BCUT2D eigenvalue weighted by molar-refractivity contribution is 7.29. The molecule has 2 heterocycles. The largest absolute Gasteiger partial charge is 0.354 e. The molecule has 0 aliphatic rings. The van der Waals surface area contributed by atoms with Crippen LogP contribution in [0.25, 0.3) is 9.53 Å². The number of anilines is 1. The number of likely N-dealkylation sites (N-methyl/N-ethyl adjacent to an activating group) is 1. The molecule has 0 aliphatic carbocycles. The van der Waals surface area contributed by atoms with Gasteiger partial charge in [0.25, 0.3) is 5.91 Å². The normalized spacial score (nSPS) is 10.8. The van der Waals surface area contributed by atoms with Crippen LogP contribution in [0.15, 0.2) is 6.07 Å². The highest BCUT2D eigenvalue weighted by atomic mass is 32.1. The van der Waals surface area contributed by atoms with Gasteiger partial charge in [0.2, 0.25) is 0 Å². The Morgan fingerprint density at radius 3 is 2.78 bits per heavy atom. The first kappa shape index (κ1) is 13.3. The number of hydrogen-bond acceptors (Lipinski definition) is 6. The fourth-order valence-electron chi connectivity index (χ4n) is 1.42. The summed E-state index contributed by atoms with van der Waals surface area (Å²) in [5, 5.41) is 6.82. The summed E-state index contributed by atoms with van der Waals surface area (Å²) in [6, 6.07) is 1.92. The summed E-state index contributed by atoms with van der Waals surface area (Å²) in [6.07, 6.45) is 0. The third-order valence-corrected chi connectivity index (χ3v) is 4.67. The number of carbonyl (C=O) groups excluding carboxylic acids is 1. The average Bonchev–Trinajstić information content (AvgIpc) is 2.86. The van der Waals surface area contributed by atoms with Gasteiger partial charge in [0.15, 0.2) is 5.13 Å². The molecule has 0 bridgehead atoms. The number of nitrogens with zero attached hydrogens (tertiary/aromatic N) is 2. The number of thiophene rings is 1. The van der Waals surface area contributed by atoms with E-state index in [0.717, 1.165) is 26.1 Å². The number of amides is 1. The summed E-state index contributed by atoms with van der Waals surface area (Å²) < 4.78 is 1.07. The van der Waals surface area contributed by atoms with Crippen LogP contribution in [0.2, 0.25) is 0 Å². The fraction of sp³-hybridized carbons (Fsp3) is 0.455. The summed E-state index contributed by atoms with van der Waals surface area (Å²) in [4.78, 5) is 20.0. The van der Waals surface area contributed by atoms with E-state index in [1.807, 2.05) is 32.1 Å². The van der Waals surface area contributed by atoms with E-state index >= 15 is 0 Å². The molecule has 2 aromatic rings. The Hall–Kier alpha value is -1.18. The van der Waals surface area contributed by atoms with Gasteiger partial charge in [-0.1, -0.05) is 11.3 Å². The average molecular weight is 284 g/mol. The Kier molecular flexibility index (Phi) is 4.15. The van der Waals surface area contributed by atoms with Crippen molar-refractivity contribution in [3.8, 4) is 0 Å². The van der Waals surface area contributed by atoms with E-state index in [1.54, 1.807) is 11.3 Å². The second-order valence-electron chi connectivity index (χ2n) is 4.03. The van der Waals surface area contributed by atoms with Crippen LogP contribution in [0.4, 0.5) is 5.13 Å². The number of rotatable bonds is 5. The molecule has 18 heavy (non-hydrogen) atoms. The molecule has 0 aromatic carbocycles. The first-order chi connectivity index (χ1) is 8.61. The Labute approximate surface area is 114 Å². The summed E-state index contributed by atoms with van der Waals surface area (Å²) in [5.74, 6) is -0.0214. The maximum atomic E-state index is 11.8. The van der Waals surface area contributed by atoms with E-state index < -0.39 is 0 Å². The molecule has 0 saturated heterocycles. The number of nitrogens with one attached hydrogen (secondary N) is 2. The van der Waals surface area contributed by atoms with Crippen LogP contribution < -0.4 is 15.5 Å². The van der Waals surface area contributed by atoms with Crippen LogP contribution in [0.5, 0.6) is 0 Å². The van der Waals surface area contributed by atoms with Gasteiger partial charge in [-0.25, -0.2) is 4.98 Å². The molecular formula is C11H16N4OS2. The third kappa shape index (κ3) is 2.80. The van der Waals surface area contributed by atoms with Crippen LogP contribution in [-0.2, 0) is 0 Å². The minimum atomic E-state index is -0.0214. The van der Waals surface area contributed by atoms with Crippen molar-refractivity contribution in [1.29, 1.82) is 0 Å². The van der Waals surface area contributed by atoms with Crippen molar-refractivity contribution in [1.82, 2.24) is 15.6 Å². The predicted octanol–water partition coefficient (Wildman–Crippen LogP) is 1.37. The van der Waals surface area contributed by atoms with Crippen molar-refractivity contribution in [2.24, 2.45) is 0 Å². The van der Waals surface area contributed by atoms with E-state index in [9.17, 15) is 4.79 Å². The summed E-state index contributed by atoms with van der Waals surface area (Å²) in [6.45, 7) is 1.41. The predicted molar refractivity (Wildman–Crippen MR) is 78.1 cm³/mol. The van der Waals surface area contributed by atoms with Gasteiger partial charge in [-0.05, 0) is 13.1 Å². The van der Waals surface area contributed by atoms with E-state index in [0.29, 0.717) is 6.54 Å².